The summed E-state index contributed by atoms with van der Waals surface area (Å²) in [6, 6.07) is 0. The summed E-state index contributed by atoms with van der Waals surface area (Å²) >= 11 is 0. The van der Waals surface area contributed by atoms with Crippen molar-refractivity contribution in [1.29, 1.82) is 0 Å². The Balaban J connectivity index is 2.22. The Kier molecular flexibility index (Phi) is 3.76. The minimum atomic E-state index is -0.518. The molecule has 0 radical (unpaired) electrons. The number of carbonyl (C=O) groups is 2. The summed E-state index contributed by atoms with van der Waals surface area (Å²) in [6.45, 7) is 8.95. The molecule has 0 amide bonds. The van der Waals surface area contributed by atoms with Crippen LogP contribution in [0.4, 0.5) is 0 Å². The molecule has 1 unspecified atom stereocenters. The van der Waals surface area contributed by atoms with Gasteiger partial charge in [0.2, 0.25) is 0 Å². The van der Waals surface area contributed by atoms with Gasteiger partial charge in [0.05, 0.1) is 6.61 Å². The van der Waals surface area contributed by atoms with E-state index in [0.29, 0.717) is 25.4 Å². The third-order valence-corrected chi connectivity index (χ3v) is 5.36. The molecule has 0 N–H and O–H groups in total. The summed E-state index contributed by atoms with van der Waals surface area (Å²) in [5, 5.41) is 0. The van der Waals surface area contributed by atoms with Crippen LogP contribution in [0.3, 0.4) is 0 Å². The first kappa shape index (κ1) is 14.5. The lowest BCUT2D eigenvalue weighted by atomic mass is 9.50. The Bertz CT molecular complexity index is 385. The number of ether oxygens (including phenoxy) is 1. The zero-order chi connectivity index (χ0) is 14.3. The molecular weight excluding hydrogens is 240 g/mol. The van der Waals surface area contributed by atoms with Gasteiger partial charge in [-0.15, -0.1) is 0 Å². The van der Waals surface area contributed by atoms with Crippen LogP contribution >= 0.6 is 0 Å². The molecule has 0 aliphatic heterocycles. The lowest BCUT2D eigenvalue weighted by Gasteiger charge is -2.54. The largest absolute Gasteiger partial charge is 0.465 e. The van der Waals surface area contributed by atoms with Crippen LogP contribution in [-0.2, 0) is 14.3 Å². The van der Waals surface area contributed by atoms with E-state index in [2.05, 4.69) is 20.8 Å². The smallest absolute Gasteiger partial charge is 0.316 e. The predicted molar refractivity (Wildman–Crippen MR) is 73.6 cm³/mol. The standard InChI is InChI=1S/C16H26O3/c1-5-19-14(18)11-9-13-15(2,3)7-6-8-16(13,4)10-12(11)17/h11,13H,5-10H2,1-4H3/t11?,13-,16+/m0/s1. The minimum absolute atomic E-state index is 0.0851. The van der Waals surface area contributed by atoms with Crippen LogP contribution in [0, 0.1) is 22.7 Å². The van der Waals surface area contributed by atoms with Gasteiger partial charge in [-0.05, 0) is 42.9 Å². The Morgan fingerprint density at radius 2 is 2.00 bits per heavy atom. The molecule has 3 atom stereocenters. The van der Waals surface area contributed by atoms with Crippen molar-refractivity contribution < 1.29 is 14.3 Å². The highest BCUT2D eigenvalue weighted by Crippen LogP contribution is 2.57. The van der Waals surface area contributed by atoms with Crippen LogP contribution in [0.2, 0.25) is 0 Å². The normalized spacial score (nSPS) is 37.6. The molecular formula is C16H26O3. The van der Waals surface area contributed by atoms with Crippen LogP contribution < -0.4 is 0 Å². The van der Waals surface area contributed by atoms with Gasteiger partial charge in [-0.1, -0.05) is 27.2 Å². The number of hydrogen-bond acceptors (Lipinski definition) is 3. The lowest BCUT2D eigenvalue weighted by Crippen LogP contribution is -2.50. The lowest BCUT2D eigenvalue weighted by molar-refractivity contribution is -0.160. The Hall–Kier alpha value is -0.860. The van der Waals surface area contributed by atoms with Gasteiger partial charge in [0, 0.05) is 6.42 Å². The number of Topliss-reactive ketones (excluding diaryl/α,β-unsaturated/α-hetero) is 1. The monoisotopic (exact) mass is 266 g/mol. The summed E-state index contributed by atoms with van der Waals surface area (Å²) in [5.74, 6) is -0.290. The summed E-state index contributed by atoms with van der Waals surface area (Å²) in [7, 11) is 0. The van der Waals surface area contributed by atoms with Gasteiger partial charge in [0.1, 0.15) is 11.7 Å². The van der Waals surface area contributed by atoms with Crippen molar-refractivity contribution in [3.63, 3.8) is 0 Å². The first-order chi connectivity index (χ1) is 8.80. The number of fused-ring (bicyclic) bond motifs is 1. The van der Waals surface area contributed by atoms with E-state index in [1.54, 1.807) is 6.92 Å². The van der Waals surface area contributed by atoms with Gasteiger partial charge in [0.25, 0.3) is 0 Å². The molecule has 0 saturated heterocycles. The molecule has 0 aromatic rings. The molecule has 0 aromatic carbocycles. The summed E-state index contributed by atoms with van der Waals surface area (Å²) < 4.78 is 5.07. The maximum absolute atomic E-state index is 12.3. The minimum Gasteiger partial charge on any atom is -0.465 e. The molecule has 0 aromatic heterocycles. The van der Waals surface area contributed by atoms with Crippen molar-refractivity contribution >= 4 is 11.8 Å². The summed E-state index contributed by atoms with van der Waals surface area (Å²) in [5.41, 5.74) is 0.306. The summed E-state index contributed by atoms with van der Waals surface area (Å²) in [4.78, 5) is 24.2. The van der Waals surface area contributed by atoms with Crippen LogP contribution in [0.15, 0.2) is 0 Å². The van der Waals surface area contributed by atoms with Gasteiger partial charge < -0.3 is 4.74 Å². The second-order valence-corrected chi connectivity index (χ2v) is 7.23. The van der Waals surface area contributed by atoms with E-state index < -0.39 is 5.92 Å². The number of hydrogen-bond donors (Lipinski definition) is 0. The van der Waals surface area contributed by atoms with Gasteiger partial charge in [-0.3, -0.25) is 9.59 Å². The molecule has 0 heterocycles. The van der Waals surface area contributed by atoms with E-state index in [1.165, 1.54) is 12.8 Å². The van der Waals surface area contributed by atoms with Crippen molar-refractivity contribution in [1.82, 2.24) is 0 Å². The molecule has 2 saturated carbocycles. The molecule has 2 fully saturated rings. The number of carbonyl (C=O) groups excluding carboxylic acids is 2. The van der Waals surface area contributed by atoms with E-state index in [1.807, 2.05) is 0 Å². The van der Waals surface area contributed by atoms with Gasteiger partial charge in [0.15, 0.2) is 0 Å². The fourth-order valence-electron chi connectivity index (χ4n) is 4.41. The third kappa shape index (κ3) is 2.56. The summed E-state index contributed by atoms with van der Waals surface area (Å²) in [6.07, 6.45) is 4.72. The fraction of sp³-hybridized carbons (Fsp3) is 0.875. The molecule has 19 heavy (non-hydrogen) atoms. The predicted octanol–water partition coefficient (Wildman–Crippen LogP) is 3.36. The van der Waals surface area contributed by atoms with E-state index in [9.17, 15) is 9.59 Å². The Morgan fingerprint density at radius 1 is 1.32 bits per heavy atom. The Labute approximate surface area is 116 Å². The van der Waals surface area contributed by atoms with Crippen molar-refractivity contribution in [2.45, 2.75) is 59.8 Å². The second kappa shape index (κ2) is 4.92. The quantitative estimate of drug-likeness (QED) is 0.568. The van der Waals surface area contributed by atoms with Crippen molar-refractivity contribution in [3.05, 3.63) is 0 Å². The number of rotatable bonds is 2. The first-order valence-corrected chi connectivity index (χ1v) is 7.49. The zero-order valence-corrected chi connectivity index (χ0v) is 12.6. The van der Waals surface area contributed by atoms with Crippen molar-refractivity contribution in [2.24, 2.45) is 22.7 Å². The highest BCUT2D eigenvalue weighted by Gasteiger charge is 2.53. The van der Waals surface area contributed by atoms with Crippen LogP contribution in [0.5, 0.6) is 0 Å². The maximum Gasteiger partial charge on any atom is 0.316 e. The number of ketones is 1. The van der Waals surface area contributed by atoms with Gasteiger partial charge in [-0.2, -0.15) is 0 Å². The van der Waals surface area contributed by atoms with E-state index in [-0.39, 0.29) is 22.6 Å². The van der Waals surface area contributed by atoms with E-state index in [0.717, 1.165) is 6.42 Å². The molecule has 2 aliphatic rings. The SMILES string of the molecule is CCOC(=O)C1C[C@H]2C(C)(C)CCC[C@]2(C)CC1=O. The topological polar surface area (TPSA) is 43.4 Å². The average Bonchev–Trinajstić information content (AvgIpc) is 2.26. The van der Waals surface area contributed by atoms with Crippen molar-refractivity contribution in [3.8, 4) is 0 Å². The highest BCUT2D eigenvalue weighted by molar-refractivity contribution is 5.99. The molecule has 3 heteroatoms. The van der Waals surface area contributed by atoms with Crippen LogP contribution in [0.1, 0.15) is 59.8 Å². The second-order valence-electron chi connectivity index (χ2n) is 7.23. The molecule has 0 bridgehead atoms. The maximum atomic E-state index is 12.3. The fourth-order valence-corrected chi connectivity index (χ4v) is 4.41. The molecule has 108 valence electrons. The molecule has 3 nitrogen and oxygen atoms in total. The highest BCUT2D eigenvalue weighted by atomic mass is 16.5. The molecule has 0 spiro atoms. The van der Waals surface area contributed by atoms with Gasteiger partial charge >= 0.3 is 5.97 Å². The number of esters is 1. The van der Waals surface area contributed by atoms with Crippen molar-refractivity contribution in [2.75, 3.05) is 6.61 Å². The molecule has 2 rings (SSSR count). The van der Waals surface area contributed by atoms with Crippen LogP contribution in [0.25, 0.3) is 0 Å². The van der Waals surface area contributed by atoms with Crippen LogP contribution in [-0.4, -0.2) is 18.4 Å². The zero-order valence-electron chi connectivity index (χ0n) is 12.6. The van der Waals surface area contributed by atoms with Gasteiger partial charge in [-0.25, -0.2) is 0 Å². The average molecular weight is 266 g/mol. The molecule has 2 aliphatic carbocycles. The Morgan fingerprint density at radius 3 is 2.63 bits per heavy atom. The first-order valence-electron chi connectivity index (χ1n) is 7.49. The van der Waals surface area contributed by atoms with E-state index >= 15 is 0 Å². The van der Waals surface area contributed by atoms with E-state index in [4.69, 9.17) is 4.74 Å². The third-order valence-electron chi connectivity index (χ3n) is 5.36.